The third-order valence-corrected chi connectivity index (χ3v) is 13.4. The van der Waals surface area contributed by atoms with E-state index in [9.17, 15) is 42.0 Å². The molecule has 2 heterocycles. The lowest BCUT2D eigenvalue weighted by Crippen LogP contribution is -2.60. The topological polar surface area (TPSA) is 147 Å². The van der Waals surface area contributed by atoms with E-state index in [1.165, 1.54) is 4.90 Å². The summed E-state index contributed by atoms with van der Waals surface area (Å²) in [6.07, 6.45) is 10.4. The summed E-state index contributed by atoms with van der Waals surface area (Å²) >= 11 is 0. The number of amides is 4. The molecular weight excluding hydrogens is 670 g/mol. The van der Waals surface area contributed by atoms with Gasteiger partial charge in [-0.2, -0.15) is 5.26 Å². The van der Waals surface area contributed by atoms with Crippen molar-refractivity contribution in [1.82, 2.24) is 31.1 Å². The molecule has 0 spiro atoms. The van der Waals surface area contributed by atoms with Crippen LogP contribution in [-0.2, 0) is 19.2 Å². The van der Waals surface area contributed by atoms with Gasteiger partial charge in [-0.15, -0.1) is 0 Å². The van der Waals surface area contributed by atoms with Crippen LogP contribution < -0.4 is 21.3 Å². The second kappa shape index (κ2) is 14.4. The monoisotopic (exact) mass is 723 g/mol. The number of unbranched alkanes of at least 4 members (excludes halogenated alkanes) is 2. The summed E-state index contributed by atoms with van der Waals surface area (Å²) in [5, 5.41) is 22.2. The number of nitrogens with zero attached hydrogens (tertiary/aromatic N) is 3. The summed E-state index contributed by atoms with van der Waals surface area (Å²) in [7, 11) is 0. The number of nitriles is 1. The fourth-order valence-electron chi connectivity index (χ4n) is 9.67. The molecule has 1 unspecified atom stereocenters. The summed E-state index contributed by atoms with van der Waals surface area (Å²) in [5.74, 6) is -6.46. The van der Waals surface area contributed by atoms with Crippen LogP contribution in [0.25, 0.3) is 0 Å². The van der Waals surface area contributed by atoms with Gasteiger partial charge in [0.2, 0.25) is 23.6 Å². The van der Waals surface area contributed by atoms with E-state index in [2.05, 4.69) is 21.3 Å². The van der Waals surface area contributed by atoms with Crippen LogP contribution in [0.2, 0.25) is 0 Å². The lowest BCUT2D eigenvalue weighted by molar-refractivity contribution is -0.139. The summed E-state index contributed by atoms with van der Waals surface area (Å²) in [6.45, 7) is -0.0357. The van der Waals surface area contributed by atoms with Gasteiger partial charge in [0.25, 0.3) is 11.8 Å². The van der Waals surface area contributed by atoms with Crippen LogP contribution in [0, 0.1) is 22.2 Å². The van der Waals surface area contributed by atoms with E-state index in [0.717, 1.165) is 81.9 Å². The van der Waals surface area contributed by atoms with Gasteiger partial charge < -0.3 is 31.1 Å². The molecule has 0 radical (unpaired) electrons. The molecule has 284 valence electrons. The van der Waals surface area contributed by atoms with Crippen molar-refractivity contribution in [3.05, 3.63) is 0 Å². The maximum Gasteiger partial charge on any atom is 0.268 e. The van der Waals surface area contributed by atoms with E-state index in [4.69, 9.17) is 0 Å². The molecule has 8 aliphatic rings. The molecule has 8 rings (SSSR count). The third-order valence-electron chi connectivity index (χ3n) is 13.4. The normalized spacial score (nSPS) is 34.7. The molecule has 4 bridgehead atoms. The van der Waals surface area contributed by atoms with Crippen LogP contribution in [0.1, 0.15) is 109 Å². The molecule has 15 heteroatoms. The van der Waals surface area contributed by atoms with Crippen molar-refractivity contribution in [3.8, 4) is 6.07 Å². The Labute approximate surface area is 297 Å². The number of fused-ring (bicyclic) bond motifs is 6. The zero-order chi connectivity index (χ0) is 36.5. The maximum absolute atomic E-state index is 13.8. The number of likely N-dealkylation sites (tertiary alicyclic amines) is 2. The Kier molecular flexibility index (Phi) is 10.7. The standard InChI is InChI=1S/C36H53F4N7O4/c37-35(38)16-19-46(24-35)27(48)22-44-33-10-4-31(5-11-33,6-12-33)29(50)42-17-2-1-3-18-43-30(51)32-7-13-34(14-8-32,15-9-32)45-23-28(49)47-25-36(39,40)20-26(47)21-41/h26,44-45H,1-20,22-25H2,(H,42,50)(H,43,51). The average Bonchev–Trinajstić information content (AvgIpc) is 3.67. The molecule has 51 heavy (non-hydrogen) atoms. The Balaban J connectivity index is 0.826. The minimum atomic E-state index is -3.04. The van der Waals surface area contributed by atoms with E-state index in [1.54, 1.807) is 0 Å². The highest BCUT2D eigenvalue weighted by Crippen LogP contribution is 2.53. The number of rotatable bonds is 14. The van der Waals surface area contributed by atoms with Crippen molar-refractivity contribution in [2.75, 3.05) is 45.8 Å². The van der Waals surface area contributed by atoms with Gasteiger partial charge in [0.15, 0.2) is 0 Å². The molecule has 4 amide bonds. The van der Waals surface area contributed by atoms with Gasteiger partial charge in [0.1, 0.15) is 6.04 Å². The molecule has 6 saturated carbocycles. The average molecular weight is 724 g/mol. The minimum Gasteiger partial charge on any atom is -0.356 e. The molecule has 2 saturated heterocycles. The van der Waals surface area contributed by atoms with Crippen molar-refractivity contribution in [2.45, 2.75) is 138 Å². The first-order chi connectivity index (χ1) is 24.1. The minimum absolute atomic E-state index is 0.0537. The Bertz CT molecular complexity index is 1350. The lowest BCUT2D eigenvalue weighted by Gasteiger charge is -2.53. The summed E-state index contributed by atoms with van der Waals surface area (Å²) in [4.78, 5) is 53.9. The van der Waals surface area contributed by atoms with Crippen LogP contribution in [0.15, 0.2) is 0 Å². The first kappa shape index (κ1) is 37.8. The van der Waals surface area contributed by atoms with Crippen molar-refractivity contribution >= 4 is 23.6 Å². The molecule has 0 aromatic rings. The maximum atomic E-state index is 13.8. The predicted molar refractivity (Wildman–Crippen MR) is 178 cm³/mol. The van der Waals surface area contributed by atoms with Gasteiger partial charge >= 0.3 is 0 Å². The first-order valence-electron chi connectivity index (χ1n) is 18.9. The van der Waals surface area contributed by atoms with Gasteiger partial charge in [-0.1, -0.05) is 0 Å². The van der Waals surface area contributed by atoms with Crippen LogP contribution in [-0.4, -0.2) is 108 Å². The number of carbonyl (C=O) groups excluding carboxylic acids is 4. The van der Waals surface area contributed by atoms with E-state index in [0.29, 0.717) is 32.4 Å². The van der Waals surface area contributed by atoms with Crippen molar-refractivity contribution < 1.29 is 36.7 Å². The highest BCUT2D eigenvalue weighted by atomic mass is 19.3. The van der Waals surface area contributed by atoms with Gasteiger partial charge in [-0.05, 0) is 96.3 Å². The van der Waals surface area contributed by atoms with Crippen molar-refractivity contribution in [1.29, 1.82) is 5.26 Å². The predicted octanol–water partition coefficient (Wildman–Crippen LogP) is 3.38. The smallest absolute Gasteiger partial charge is 0.268 e. The highest BCUT2D eigenvalue weighted by Gasteiger charge is 2.54. The summed E-state index contributed by atoms with van der Waals surface area (Å²) in [6, 6.07) is 0.710. The summed E-state index contributed by atoms with van der Waals surface area (Å²) < 4.78 is 54.6. The summed E-state index contributed by atoms with van der Waals surface area (Å²) in [5.41, 5.74) is -1.30. The quantitative estimate of drug-likeness (QED) is 0.159. The van der Waals surface area contributed by atoms with Gasteiger partial charge in [-0.3, -0.25) is 19.2 Å². The Morgan fingerprint density at radius 1 is 0.627 bits per heavy atom. The third kappa shape index (κ3) is 8.16. The zero-order valence-corrected chi connectivity index (χ0v) is 29.5. The van der Waals surface area contributed by atoms with Crippen molar-refractivity contribution in [3.63, 3.8) is 0 Å². The number of hydrogen-bond acceptors (Lipinski definition) is 7. The van der Waals surface area contributed by atoms with E-state index < -0.39 is 48.7 Å². The first-order valence-corrected chi connectivity index (χ1v) is 18.9. The van der Waals surface area contributed by atoms with Gasteiger partial charge in [0.05, 0.1) is 32.2 Å². The Hall–Kier alpha value is -2.99. The second-order valence-corrected chi connectivity index (χ2v) is 16.5. The highest BCUT2D eigenvalue weighted by molar-refractivity contribution is 5.84. The van der Waals surface area contributed by atoms with Crippen LogP contribution >= 0.6 is 0 Å². The van der Waals surface area contributed by atoms with Crippen LogP contribution in [0.3, 0.4) is 0 Å². The van der Waals surface area contributed by atoms with Crippen LogP contribution in [0.4, 0.5) is 17.6 Å². The van der Waals surface area contributed by atoms with Gasteiger partial charge in [-0.25, -0.2) is 17.6 Å². The molecule has 0 aromatic carbocycles. The number of halogens is 4. The molecule has 8 fully saturated rings. The number of nitrogens with one attached hydrogen (secondary N) is 4. The molecular formula is C36H53F4N7O4. The Morgan fingerprint density at radius 2 is 1.10 bits per heavy atom. The molecule has 4 N–H and O–H groups in total. The SMILES string of the molecule is N#CC1CC(F)(F)CN1C(=O)CNC12CCC(C(=O)NCCCCCNC(=O)C34CCC(NCC(=O)N5CCC(F)(F)C5)(CC3)CC4)(CC1)CC2. The molecule has 6 aliphatic carbocycles. The molecule has 11 nitrogen and oxygen atoms in total. The fraction of sp³-hybridized carbons (Fsp3) is 0.861. The molecule has 2 aliphatic heterocycles. The zero-order valence-electron chi connectivity index (χ0n) is 29.5. The number of alkyl halides is 4. The fourth-order valence-corrected chi connectivity index (χ4v) is 9.67. The Morgan fingerprint density at radius 3 is 1.53 bits per heavy atom. The molecule has 0 aromatic heterocycles. The number of hydrogen-bond donors (Lipinski definition) is 4. The van der Waals surface area contributed by atoms with Crippen LogP contribution in [0.5, 0.6) is 0 Å². The second-order valence-electron chi connectivity index (χ2n) is 16.5. The van der Waals surface area contributed by atoms with Crippen molar-refractivity contribution in [2.24, 2.45) is 10.8 Å². The molecule has 1 atom stereocenters. The largest absolute Gasteiger partial charge is 0.356 e. The van der Waals surface area contributed by atoms with E-state index in [1.807, 2.05) is 6.07 Å². The van der Waals surface area contributed by atoms with E-state index in [-0.39, 0.29) is 60.3 Å². The lowest BCUT2D eigenvalue weighted by atomic mass is 9.57. The van der Waals surface area contributed by atoms with E-state index >= 15 is 0 Å². The number of carbonyl (C=O) groups is 4. The van der Waals surface area contributed by atoms with Gasteiger partial charge in [0, 0.05) is 54.4 Å².